The van der Waals surface area contributed by atoms with E-state index < -0.39 is 4.92 Å². The van der Waals surface area contributed by atoms with Gasteiger partial charge in [0, 0.05) is 16.8 Å². The van der Waals surface area contributed by atoms with Gasteiger partial charge in [0.1, 0.15) is 6.33 Å². The molecule has 0 aliphatic heterocycles. The molecular formula is C21H18N6O2. The molecule has 144 valence electrons. The Morgan fingerprint density at radius 3 is 2.28 bits per heavy atom. The summed E-state index contributed by atoms with van der Waals surface area (Å²) in [6.45, 7) is 3.81. The number of anilines is 4. The molecule has 0 radical (unpaired) electrons. The molecule has 0 aliphatic carbocycles. The summed E-state index contributed by atoms with van der Waals surface area (Å²) in [5.41, 5.74) is 3.65. The van der Waals surface area contributed by atoms with Crippen molar-refractivity contribution in [2.24, 2.45) is 0 Å². The molecule has 0 atom stereocenters. The van der Waals surface area contributed by atoms with Crippen molar-refractivity contribution >= 4 is 39.6 Å². The second kappa shape index (κ2) is 7.51. The number of hydrogen-bond donors (Lipinski definition) is 2. The van der Waals surface area contributed by atoms with Gasteiger partial charge in [-0.05, 0) is 37.6 Å². The van der Waals surface area contributed by atoms with E-state index in [0.29, 0.717) is 11.2 Å². The fourth-order valence-electron chi connectivity index (χ4n) is 3.05. The molecule has 2 aromatic heterocycles. The summed E-state index contributed by atoms with van der Waals surface area (Å²) in [4.78, 5) is 24.1. The zero-order valence-electron chi connectivity index (χ0n) is 15.9. The van der Waals surface area contributed by atoms with Gasteiger partial charge >= 0.3 is 5.69 Å². The first kappa shape index (κ1) is 18.3. The van der Waals surface area contributed by atoms with E-state index in [-0.39, 0.29) is 17.3 Å². The standard InChI is InChI=1S/C21H18N6O2/c1-13-6-3-4-8-16(13)25-20-19(27(28)29)21(23-12-22-20)26-17-9-5-7-15-11-10-14(2)24-18(15)17/h3-12H,1-2H3,(H2,22,23,25,26). The molecule has 0 saturated carbocycles. The van der Waals surface area contributed by atoms with E-state index in [1.54, 1.807) is 0 Å². The Labute approximate surface area is 166 Å². The van der Waals surface area contributed by atoms with Crippen LogP contribution in [0.3, 0.4) is 0 Å². The van der Waals surface area contributed by atoms with Crippen molar-refractivity contribution in [3.8, 4) is 0 Å². The van der Waals surface area contributed by atoms with Crippen LogP contribution in [-0.4, -0.2) is 19.9 Å². The number of nitro groups is 1. The molecule has 8 nitrogen and oxygen atoms in total. The van der Waals surface area contributed by atoms with Crippen LogP contribution in [0.2, 0.25) is 0 Å². The number of fused-ring (bicyclic) bond motifs is 1. The number of pyridine rings is 1. The van der Waals surface area contributed by atoms with Crippen molar-refractivity contribution in [1.29, 1.82) is 0 Å². The lowest BCUT2D eigenvalue weighted by molar-refractivity contribution is -0.383. The van der Waals surface area contributed by atoms with E-state index in [9.17, 15) is 10.1 Å². The van der Waals surface area contributed by atoms with Gasteiger partial charge in [-0.25, -0.2) is 9.97 Å². The van der Waals surface area contributed by atoms with Crippen molar-refractivity contribution in [3.63, 3.8) is 0 Å². The maximum Gasteiger partial charge on any atom is 0.353 e. The van der Waals surface area contributed by atoms with Crippen molar-refractivity contribution in [3.05, 3.63) is 82.3 Å². The molecular weight excluding hydrogens is 368 g/mol. The number of aromatic nitrogens is 3. The Balaban J connectivity index is 1.78. The van der Waals surface area contributed by atoms with Crippen LogP contribution in [0.4, 0.5) is 28.7 Å². The van der Waals surface area contributed by atoms with Crippen LogP contribution in [0.25, 0.3) is 10.9 Å². The van der Waals surface area contributed by atoms with Gasteiger partial charge in [0.15, 0.2) is 0 Å². The van der Waals surface area contributed by atoms with Gasteiger partial charge in [-0.15, -0.1) is 0 Å². The Kier molecular flexibility index (Phi) is 4.74. The highest BCUT2D eigenvalue weighted by Gasteiger charge is 2.24. The Bertz CT molecular complexity index is 1220. The number of para-hydroxylation sites is 2. The molecule has 0 unspecified atom stereocenters. The molecule has 2 N–H and O–H groups in total. The highest BCUT2D eigenvalue weighted by atomic mass is 16.6. The summed E-state index contributed by atoms with van der Waals surface area (Å²) in [7, 11) is 0. The molecule has 0 bridgehead atoms. The number of rotatable bonds is 5. The monoisotopic (exact) mass is 386 g/mol. The normalized spacial score (nSPS) is 10.7. The molecule has 0 aliphatic rings. The van der Waals surface area contributed by atoms with E-state index in [4.69, 9.17) is 0 Å². The van der Waals surface area contributed by atoms with Gasteiger partial charge in [-0.2, -0.15) is 0 Å². The summed E-state index contributed by atoms with van der Waals surface area (Å²) < 4.78 is 0. The quantitative estimate of drug-likeness (QED) is 0.366. The molecule has 8 heteroatoms. The number of nitrogens with one attached hydrogen (secondary N) is 2. The van der Waals surface area contributed by atoms with E-state index in [2.05, 4.69) is 25.6 Å². The van der Waals surface area contributed by atoms with Gasteiger partial charge in [0.25, 0.3) is 0 Å². The predicted molar refractivity (Wildman–Crippen MR) is 113 cm³/mol. The smallest absolute Gasteiger partial charge is 0.334 e. The van der Waals surface area contributed by atoms with Crippen LogP contribution in [0.5, 0.6) is 0 Å². The van der Waals surface area contributed by atoms with Crippen LogP contribution < -0.4 is 10.6 Å². The Morgan fingerprint density at radius 2 is 1.55 bits per heavy atom. The van der Waals surface area contributed by atoms with Crippen molar-refractivity contribution < 1.29 is 4.92 Å². The molecule has 29 heavy (non-hydrogen) atoms. The lowest BCUT2D eigenvalue weighted by atomic mass is 10.1. The van der Waals surface area contributed by atoms with E-state index in [1.165, 1.54) is 6.33 Å². The average molecular weight is 386 g/mol. The molecule has 4 aromatic rings. The van der Waals surface area contributed by atoms with Crippen LogP contribution in [0.1, 0.15) is 11.3 Å². The van der Waals surface area contributed by atoms with Gasteiger partial charge in [-0.3, -0.25) is 15.1 Å². The molecule has 2 aromatic carbocycles. The molecule has 0 spiro atoms. The fraction of sp³-hybridized carbons (Fsp3) is 0.0952. The Morgan fingerprint density at radius 1 is 0.862 bits per heavy atom. The lowest BCUT2D eigenvalue weighted by Gasteiger charge is -2.12. The number of nitrogens with zero attached hydrogens (tertiary/aromatic N) is 4. The minimum absolute atomic E-state index is 0.0943. The summed E-state index contributed by atoms with van der Waals surface area (Å²) in [5, 5.41) is 18.9. The molecule has 0 fully saturated rings. The third kappa shape index (κ3) is 3.68. The second-order valence-electron chi connectivity index (χ2n) is 6.57. The lowest BCUT2D eigenvalue weighted by Crippen LogP contribution is -2.06. The Hall–Kier alpha value is -4.07. The van der Waals surface area contributed by atoms with Crippen LogP contribution >= 0.6 is 0 Å². The average Bonchev–Trinajstić information content (AvgIpc) is 2.70. The third-order valence-electron chi connectivity index (χ3n) is 4.52. The largest absolute Gasteiger partial charge is 0.353 e. The highest BCUT2D eigenvalue weighted by Crippen LogP contribution is 2.35. The number of benzene rings is 2. The van der Waals surface area contributed by atoms with Crippen molar-refractivity contribution in [1.82, 2.24) is 15.0 Å². The van der Waals surface area contributed by atoms with E-state index in [1.807, 2.05) is 68.4 Å². The zero-order valence-corrected chi connectivity index (χ0v) is 15.9. The number of aryl methyl sites for hydroxylation is 2. The van der Waals surface area contributed by atoms with Crippen LogP contribution in [-0.2, 0) is 0 Å². The van der Waals surface area contributed by atoms with Gasteiger partial charge < -0.3 is 10.6 Å². The first-order valence-electron chi connectivity index (χ1n) is 8.98. The SMILES string of the molecule is Cc1ccc2cccc(Nc3ncnc(Nc4ccccc4C)c3[N+](=O)[O-])c2n1. The number of hydrogen-bond acceptors (Lipinski definition) is 7. The maximum absolute atomic E-state index is 11.9. The first-order chi connectivity index (χ1) is 14.0. The highest BCUT2D eigenvalue weighted by molar-refractivity contribution is 5.93. The van der Waals surface area contributed by atoms with Crippen LogP contribution in [0.15, 0.2) is 60.9 Å². The topological polar surface area (TPSA) is 106 Å². The van der Waals surface area contributed by atoms with Gasteiger partial charge in [0.05, 0.1) is 16.1 Å². The summed E-state index contributed by atoms with van der Waals surface area (Å²) >= 11 is 0. The van der Waals surface area contributed by atoms with Crippen molar-refractivity contribution in [2.45, 2.75) is 13.8 Å². The first-order valence-corrected chi connectivity index (χ1v) is 8.98. The molecule has 4 rings (SSSR count). The molecule has 0 saturated heterocycles. The second-order valence-corrected chi connectivity index (χ2v) is 6.57. The zero-order chi connectivity index (χ0) is 20.4. The molecule has 0 amide bonds. The predicted octanol–water partition coefficient (Wildman–Crippen LogP) is 5.04. The van der Waals surface area contributed by atoms with Gasteiger partial charge in [0.2, 0.25) is 11.6 Å². The van der Waals surface area contributed by atoms with Gasteiger partial charge in [-0.1, -0.05) is 36.4 Å². The minimum atomic E-state index is -0.493. The van der Waals surface area contributed by atoms with E-state index in [0.717, 1.165) is 22.3 Å². The van der Waals surface area contributed by atoms with E-state index >= 15 is 0 Å². The fourth-order valence-corrected chi connectivity index (χ4v) is 3.05. The molecule has 2 heterocycles. The third-order valence-corrected chi connectivity index (χ3v) is 4.52. The van der Waals surface area contributed by atoms with Crippen molar-refractivity contribution in [2.75, 3.05) is 10.6 Å². The summed E-state index contributed by atoms with van der Waals surface area (Å²) in [6.07, 6.45) is 1.29. The summed E-state index contributed by atoms with van der Waals surface area (Å²) in [5.74, 6) is 0.211. The van der Waals surface area contributed by atoms with Crippen LogP contribution in [0, 0.1) is 24.0 Å². The maximum atomic E-state index is 11.9. The summed E-state index contributed by atoms with van der Waals surface area (Å²) in [6, 6.07) is 17.0. The minimum Gasteiger partial charge on any atom is -0.334 e.